The zero-order chi connectivity index (χ0) is 11.6. The Labute approximate surface area is 97.8 Å². The lowest BCUT2D eigenvalue weighted by atomic mass is 10.1. The van der Waals surface area contributed by atoms with Gasteiger partial charge >= 0.3 is 0 Å². The van der Waals surface area contributed by atoms with Crippen molar-refractivity contribution in [3.05, 3.63) is 11.4 Å². The van der Waals surface area contributed by atoms with Gasteiger partial charge in [-0.25, -0.2) is 4.63 Å². The van der Waals surface area contributed by atoms with E-state index in [1.54, 1.807) is 0 Å². The van der Waals surface area contributed by atoms with Gasteiger partial charge in [-0.3, -0.25) is 0 Å². The van der Waals surface area contributed by atoms with E-state index in [2.05, 4.69) is 27.2 Å². The number of rotatable bonds is 9. The van der Waals surface area contributed by atoms with Crippen LogP contribution in [-0.2, 0) is 6.54 Å². The molecule has 16 heavy (non-hydrogen) atoms. The molecule has 1 aromatic rings. The SMILES string of the molecule is CCCCCCCCNCc1nonc1C. The number of hydrogen-bond acceptors (Lipinski definition) is 4. The van der Waals surface area contributed by atoms with E-state index in [1.165, 1.54) is 38.5 Å². The van der Waals surface area contributed by atoms with Crippen LogP contribution in [0.25, 0.3) is 0 Å². The summed E-state index contributed by atoms with van der Waals surface area (Å²) in [6.07, 6.45) is 7.99. The number of aromatic nitrogens is 2. The molecule has 0 atom stereocenters. The molecule has 4 heteroatoms. The molecule has 4 nitrogen and oxygen atoms in total. The van der Waals surface area contributed by atoms with Gasteiger partial charge in [0.2, 0.25) is 0 Å². The summed E-state index contributed by atoms with van der Waals surface area (Å²) in [5, 5.41) is 10.9. The third-order valence-corrected chi connectivity index (χ3v) is 2.75. The first-order valence-electron chi connectivity index (χ1n) is 6.33. The van der Waals surface area contributed by atoms with Crippen LogP contribution in [0.5, 0.6) is 0 Å². The van der Waals surface area contributed by atoms with E-state index in [0.29, 0.717) is 0 Å². The van der Waals surface area contributed by atoms with Crippen molar-refractivity contribution in [2.75, 3.05) is 6.54 Å². The Hall–Kier alpha value is -0.900. The molecule has 0 radical (unpaired) electrons. The molecule has 0 unspecified atom stereocenters. The van der Waals surface area contributed by atoms with Crippen LogP contribution in [0, 0.1) is 6.92 Å². The molecule has 0 aliphatic carbocycles. The van der Waals surface area contributed by atoms with Crippen molar-refractivity contribution in [2.24, 2.45) is 0 Å². The van der Waals surface area contributed by atoms with Crippen LogP contribution in [-0.4, -0.2) is 16.9 Å². The molecule has 1 N–H and O–H groups in total. The second-order valence-electron chi connectivity index (χ2n) is 4.24. The second kappa shape index (κ2) is 8.28. The topological polar surface area (TPSA) is 51.0 Å². The molecular formula is C12H23N3O. The standard InChI is InChI=1S/C12H23N3O/c1-3-4-5-6-7-8-9-13-10-12-11(2)14-16-15-12/h13H,3-10H2,1-2H3. The van der Waals surface area contributed by atoms with Crippen molar-refractivity contribution in [2.45, 2.75) is 58.9 Å². The average Bonchev–Trinajstić information content (AvgIpc) is 2.68. The summed E-state index contributed by atoms with van der Waals surface area (Å²) in [6, 6.07) is 0. The Morgan fingerprint density at radius 2 is 1.81 bits per heavy atom. The van der Waals surface area contributed by atoms with Crippen molar-refractivity contribution in [1.82, 2.24) is 15.6 Å². The summed E-state index contributed by atoms with van der Waals surface area (Å²) in [6.45, 7) is 5.98. The van der Waals surface area contributed by atoms with Gasteiger partial charge in [0.1, 0.15) is 11.4 Å². The fourth-order valence-corrected chi connectivity index (χ4v) is 1.65. The van der Waals surface area contributed by atoms with Crippen molar-refractivity contribution in [3.63, 3.8) is 0 Å². The molecule has 1 heterocycles. The minimum Gasteiger partial charge on any atom is -0.311 e. The lowest BCUT2D eigenvalue weighted by Gasteiger charge is -2.02. The number of hydrogen-bond donors (Lipinski definition) is 1. The van der Waals surface area contributed by atoms with Crippen LogP contribution < -0.4 is 5.32 Å². The van der Waals surface area contributed by atoms with Crippen molar-refractivity contribution in [3.8, 4) is 0 Å². The van der Waals surface area contributed by atoms with E-state index in [9.17, 15) is 0 Å². The molecule has 0 aliphatic heterocycles. The smallest absolute Gasteiger partial charge is 0.121 e. The van der Waals surface area contributed by atoms with E-state index >= 15 is 0 Å². The Morgan fingerprint density at radius 1 is 1.06 bits per heavy atom. The van der Waals surface area contributed by atoms with Crippen LogP contribution in [0.3, 0.4) is 0 Å². The molecule has 92 valence electrons. The first-order valence-corrected chi connectivity index (χ1v) is 6.33. The first-order chi connectivity index (χ1) is 7.84. The fraction of sp³-hybridized carbons (Fsp3) is 0.833. The van der Waals surface area contributed by atoms with E-state index < -0.39 is 0 Å². The Balaban J connectivity index is 1.91. The number of unbranched alkanes of at least 4 members (excludes halogenated alkanes) is 5. The molecule has 0 aliphatic rings. The summed E-state index contributed by atoms with van der Waals surface area (Å²) in [5.74, 6) is 0. The summed E-state index contributed by atoms with van der Waals surface area (Å²) in [5.41, 5.74) is 1.81. The normalized spacial score (nSPS) is 10.9. The van der Waals surface area contributed by atoms with Gasteiger partial charge in [-0.2, -0.15) is 0 Å². The minimum absolute atomic E-state index is 0.768. The zero-order valence-corrected chi connectivity index (χ0v) is 10.5. The van der Waals surface area contributed by atoms with Crippen LogP contribution in [0.15, 0.2) is 4.63 Å². The van der Waals surface area contributed by atoms with Crippen molar-refractivity contribution in [1.29, 1.82) is 0 Å². The number of nitrogens with zero attached hydrogens (tertiary/aromatic N) is 2. The molecule has 0 saturated carbocycles. The summed E-state index contributed by atoms with van der Waals surface area (Å²) in [4.78, 5) is 0. The fourth-order valence-electron chi connectivity index (χ4n) is 1.65. The average molecular weight is 225 g/mol. The van der Waals surface area contributed by atoms with E-state index in [-0.39, 0.29) is 0 Å². The van der Waals surface area contributed by atoms with Gasteiger partial charge in [0.15, 0.2) is 0 Å². The highest BCUT2D eigenvalue weighted by Crippen LogP contribution is 2.04. The van der Waals surface area contributed by atoms with Gasteiger partial charge in [-0.1, -0.05) is 49.3 Å². The number of aryl methyl sites for hydroxylation is 1. The maximum absolute atomic E-state index is 4.63. The Kier molecular flexibility index (Phi) is 6.81. The van der Waals surface area contributed by atoms with E-state index in [1.807, 2.05) is 6.92 Å². The molecule has 0 bridgehead atoms. The lowest BCUT2D eigenvalue weighted by Crippen LogP contribution is -2.15. The largest absolute Gasteiger partial charge is 0.311 e. The van der Waals surface area contributed by atoms with Gasteiger partial charge in [0, 0.05) is 6.54 Å². The second-order valence-corrected chi connectivity index (χ2v) is 4.24. The third-order valence-electron chi connectivity index (χ3n) is 2.75. The molecule has 0 spiro atoms. The molecular weight excluding hydrogens is 202 g/mol. The van der Waals surface area contributed by atoms with Crippen LogP contribution in [0.4, 0.5) is 0 Å². The summed E-state index contributed by atoms with van der Waals surface area (Å²) in [7, 11) is 0. The molecule has 0 fully saturated rings. The van der Waals surface area contributed by atoms with Gasteiger partial charge in [0.25, 0.3) is 0 Å². The van der Waals surface area contributed by atoms with E-state index in [4.69, 9.17) is 0 Å². The predicted molar refractivity (Wildman–Crippen MR) is 64.1 cm³/mol. The number of nitrogens with one attached hydrogen (secondary N) is 1. The maximum atomic E-state index is 4.63. The lowest BCUT2D eigenvalue weighted by molar-refractivity contribution is 0.300. The highest BCUT2D eigenvalue weighted by molar-refractivity contribution is 5.03. The van der Waals surface area contributed by atoms with Gasteiger partial charge in [0.05, 0.1) is 0 Å². The van der Waals surface area contributed by atoms with Crippen molar-refractivity contribution >= 4 is 0 Å². The molecule has 0 aromatic carbocycles. The van der Waals surface area contributed by atoms with E-state index in [0.717, 1.165) is 24.5 Å². The van der Waals surface area contributed by atoms with Gasteiger partial charge < -0.3 is 5.32 Å². The van der Waals surface area contributed by atoms with Crippen LogP contribution >= 0.6 is 0 Å². The monoisotopic (exact) mass is 225 g/mol. The van der Waals surface area contributed by atoms with Crippen LogP contribution in [0.1, 0.15) is 56.8 Å². The summed E-state index contributed by atoms with van der Waals surface area (Å²) < 4.78 is 4.63. The minimum atomic E-state index is 0.768. The van der Waals surface area contributed by atoms with Crippen molar-refractivity contribution < 1.29 is 4.63 Å². The molecule has 0 amide bonds. The zero-order valence-electron chi connectivity index (χ0n) is 10.5. The predicted octanol–water partition coefficient (Wildman–Crippen LogP) is 2.83. The first kappa shape index (κ1) is 13.2. The molecule has 1 aromatic heterocycles. The summed E-state index contributed by atoms with van der Waals surface area (Å²) >= 11 is 0. The molecule has 1 rings (SSSR count). The highest BCUT2D eigenvalue weighted by atomic mass is 16.6. The third kappa shape index (κ3) is 5.26. The Morgan fingerprint density at radius 3 is 2.50 bits per heavy atom. The highest BCUT2D eigenvalue weighted by Gasteiger charge is 2.02. The maximum Gasteiger partial charge on any atom is 0.121 e. The van der Waals surface area contributed by atoms with Gasteiger partial charge in [-0.15, -0.1) is 0 Å². The quantitative estimate of drug-likeness (QED) is 0.657. The molecule has 0 saturated heterocycles. The van der Waals surface area contributed by atoms with Crippen LogP contribution in [0.2, 0.25) is 0 Å². The van der Waals surface area contributed by atoms with Gasteiger partial charge in [-0.05, 0) is 19.9 Å². The Bertz CT molecular complexity index is 273.